The molecule has 7 heteroatoms. The number of hydrogen-bond donors (Lipinski definition) is 0. The summed E-state index contributed by atoms with van der Waals surface area (Å²) in [6.45, 7) is 0. The minimum Gasteiger partial charge on any atom is -0.802 e. The van der Waals surface area contributed by atoms with Crippen LogP contribution in [0.5, 0.6) is 0 Å². The van der Waals surface area contributed by atoms with Gasteiger partial charge in [-0.2, -0.15) is 0 Å². The largest absolute Gasteiger partial charge is 1.00 e. The molecule has 0 rings (SSSR count). The zero-order valence-electron chi connectivity index (χ0n) is 5.16. The fraction of sp³-hybridized carbons (Fsp3) is 0. The standard InChI is InChI=1S/C2H3NO2S2.2K/c4-3(5)1-2(6)7;;/h1,6-7H;;/q;2*+1/p-2. The molecule has 0 aliphatic carbocycles. The second-order valence-electron chi connectivity index (χ2n) is 0.733. The van der Waals surface area contributed by atoms with Crippen LogP contribution in [0, 0.1) is 10.1 Å². The summed E-state index contributed by atoms with van der Waals surface area (Å²) >= 11 is 8.38. The summed E-state index contributed by atoms with van der Waals surface area (Å²) in [6, 6.07) is 0. The van der Waals surface area contributed by atoms with Crippen LogP contribution in [-0.4, -0.2) is 4.92 Å². The molecule has 0 aliphatic heterocycles. The van der Waals surface area contributed by atoms with Crippen LogP contribution in [0.2, 0.25) is 0 Å². The van der Waals surface area contributed by atoms with E-state index in [-0.39, 0.29) is 107 Å². The smallest absolute Gasteiger partial charge is 0.802 e. The fourth-order valence-electron chi connectivity index (χ4n) is 0.0861. The van der Waals surface area contributed by atoms with Gasteiger partial charge in [-0.25, -0.2) is 0 Å². The summed E-state index contributed by atoms with van der Waals surface area (Å²) in [5, 5.41) is 9.41. The van der Waals surface area contributed by atoms with Gasteiger partial charge in [0.1, 0.15) is 0 Å². The third-order valence-electron chi connectivity index (χ3n) is 0.211. The van der Waals surface area contributed by atoms with E-state index >= 15 is 0 Å². The molecular weight excluding hydrogens is 212 g/mol. The van der Waals surface area contributed by atoms with Gasteiger partial charge in [0.25, 0.3) is 0 Å². The number of rotatable bonds is 1. The first kappa shape index (κ1) is 17.8. The van der Waals surface area contributed by atoms with Crippen LogP contribution < -0.4 is 103 Å². The molecule has 0 aromatic heterocycles. The van der Waals surface area contributed by atoms with Gasteiger partial charge in [0.2, 0.25) is 0 Å². The van der Waals surface area contributed by atoms with Crippen molar-refractivity contribution in [1.29, 1.82) is 0 Å². The van der Waals surface area contributed by atoms with Gasteiger partial charge in [-0.3, -0.25) is 14.4 Å². The molecule has 0 fully saturated rings. The molecule has 9 heavy (non-hydrogen) atoms. The Morgan fingerprint density at radius 2 is 1.78 bits per heavy atom. The maximum absolute atomic E-state index is 9.41. The summed E-state index contributed by atoms with van der Waals surface area (Å²) in [5.41, 5.74) is 0. The minimum absolute atomic E-state index is 0. The molecule has 0 spiro atoms. The molecule has 0 saturated heterocycles. The molecule has 0 aromatic rings. The predicted octanol–water partition coefficient (Wildman–Crippen LogP) is -5.84. The monoisotopic (exact) mass is 213 g/mol. The molecule has 0 aliphatic rings. The normalized spacial score (nSPS) is 5.78. The first-order valence-electron chi connectivity index (χ1n) is 1.32. The third-order valence-corrected chi connectivity index (χ3v) is 0.422. The van der Waals surface area contributed by atoms with Crippen molar-refractivity contribution in [3.05, 3.63) is 20.6 Å². The van der Waals surface area contributed by atoms with Crippen molar-refractivity contribution in [3.63, 3.8) is 0 Å². The topological polar surface area (TPSA) is 43.1 Å². The average molecular weight is 213 g/mol. The minimum atomic E-state index is -0.671. The van der Waals surface area contributed by atoms with Gasteiger partial charge in [0.05, 0.1) is 4.92 Å². The Labute approximate surface area is 149 Å². The zero-order chi connectivity index (χ0) is 5.86. The molecular formula is C2HK2NO2S2. The molecule has 0 radical (unpaired) electrons. The molecule has 0 amide bonds. The summed E-state index contributed by atoms with van der Waals surface area (Å²) in [4.78, 5) is 8.73. The first-order chi connectivity index (χ1) is 3.13. The van der Waals surface area contributed by atoms with E-state index < -0.39 is 4.92 Å². The molecule has 0 aromatic carbocycles. The van der Waals surface area contributed by atoms with Crippen molar-refractivity contribution < 1.29 is 108 Å². The van der Waals surface area contributed by atoms with Crippen LogP contribution >= 0.6 is 0 Å². The Morgan fingerprint density at radius 3 is 1.78 bits per heavy atom. The van der Waals surface area contributed by atoms with Crippen molar-refractivity contribution in [3.8, 4) is 0 Å². The van der Waals surface area contributed by atoms with E-state index in [9.17, 15) is 10.1 Å². The summed E-state index contributed by atoms with van der Waals surface area (Å²) in [5.74, 6) is 0. The van der Waals surface area contributed by atoms with Gasteiger partial charge in [-0.1, -0.05) is 0 Å². The quantitative estimate of drug-likeness (QED) is 0.188. The molecule has 40 valence electrons. The van der Waals surface area contributed by atoms with E-state index in [4.69, 9.17) is 0 Å². The van der Waals surface area contributed by atoms with Gasteiger partial charge >= 0.3 is 103 Å². The molecule has 3 nitrogen and oxygen atoms in total. The van der Waals surface area contributed by atoms with Crippen molar-refractivity contribution in [2.45, 2.75) is 0 Å². The van der Waals surface area contributed by atoms with Crippen LogP contribution in [0.4, 0.5) is 0 Å². The van der Waals surface area contributed by atoms with Crippen molar-refractivity contribution in [2.24, 2.45) is 0 Å². The van der Waals surface area contributed by atoms with E-state index in [0.29, 0.717) is 6.20 Å². The summed E-state index contributed by atoms with van der Waals surface area (Å²) < 4.78 is -0.120. The predicted molar refractivity (Wildman–Crippen MR) is 29.8 cm³/mol. The number of hydrogen-bond acceptors (Lipinski definition) is 4. The Hall–Kier alpha value is 2.85. The second-order valence-corrected chi connectivity index (χ2v) is 1.87. The molecule has 0 atom stereocenters. The maximum atomic E-state index is 9.41. The Balaban J connectivity index is -0.000000180. The Morgan fingerprint density at radius 1 is 1.44 bits per heavy atom. The van der Waals surface area contributed by atoms with Gasteiger partial charge in [0.15, 0.2) is 6.20 Å². The van der Waals surface area contributed by atoms with E-state index in [1.807, 2.05) is 0 Å². The SMILES string of the molecule is O=[N+]([O-])C=C([S-])[S-].[K+].[K+]. The number of nitrogens with zero attached hydrogens (tertiary/aromatic N) is 1. The van der Waals surface area contributed by atoms with Crippen molar-refractivity contribution in [1.82, 2.24) is 0 Å². The van der Waals surface area contributed by atoms with Crippen LogP contribution in [0.3, 0.4) is 0 Å². The van der Waals surface area contributed by atoms with Crippen LogP contribution in [-0.2, 0) is 25.3 Å². The molecule has 0 unspecified atom stereocenters. The van der Waals surface area contributed by atoms with Gasteiger partial charge in [-0.05, 0) is 0 Å². The molecule has 0 N–H and O–H groups in total. The third kappa shape index (κ3) is 18.1. The van der Waals surface area contributed by atoms with Gasteiger partial charge in [-0.15, -0.1) is 0 Å². The van der Waals surface area contributed by atoms with E-state index in [0.717, 1.165) is 0 Å². The van der Waals surface area contributed by atoms with Gasteiger partial charge in [0, 0.05) is 0 Å². The van der Waals surface area contributed by atoms with E-state index in [1.165, 1.54) is 0 Å². The first-order valence-corrected chi connectivity index (χ1v) is 2.14. The van der Waals surface area contributed by atoms with Gasteiger partial charge < -0.3 is 25.3 Å². The Kier molecular flexibility index (Phi) is 21.5. The second kappa shape index (κ2) is 10.9. The van der Waals surface area contributed by atoms with Crippen LogP contribution in [0.15, 0.2) is 10.4 Å². The summed E-state index contributed by atoms with van der Waals surface area (Å²) in [6.07, 6.45) is 0.602. The van der Waals surface area contributed by atoms with E-state index in [2.05, 4.69) is 25.3 Å². The summed E-state index contributed by atoms with van der Waals surface area (Å²) in [7, 11) is 0. The fourth-order valence-corrected chi connectivity index (χ4v) is 0.258. The molecule has 0 saturated carbocycles. The Bertz CT molecular complexity index is 113. The van der Waals surface area contributed by atoms with Crippen LogP contribution in [0.1, 0.15) is 0 Å². The van der Waals surface area contributed by atoms with E-state index in [1.54, 1.807) is 0 Å². The van der Waals surface area contributed by atoms with Crippen molar-refractivity contribution in [2.75, 3.05) is 0 Å². The maximum Gasteiger partial charge on any atom is 1.00 e. The number of nitro groups is 1. The zero-order valence-corrected chi connectivity index (χ0v) is 13.0. The van der Waals surface area contributed by atoms with Crippen LogP contribution in [0.25, 0.3) is 0 Å². The van der Waals surface area contributed by atoms with Crippen molar-refractivity contribution >= 4 is 25.3 Å². The molecule has 0 bridgehead atoms. The average Bonchev–Trinajstić information content (AvgIpc) is 1.27. The molecule has 0 heterocycles.